The van der Waals surface area contributed by atoms with Crippen LogP contribution in [0.1, 0.15) is 11.3 Å². The highest BCUT2D eigenvalue weighted by molar-refractivity contribution is 7.91. The van der Waals surface area contributed by atoms with Gasteiger partial charge in [0.25, 0.3) is 10.0 Å². The van der Waals surface area contributed by atoms with Gasteiger partial charge in [-0.2, -0.15) is 4.31 Å². The largest absolute Gasteiger partial charge is 0.315 e. The Hall–Kier alpha value is -0.430. The summed E-state index contributed by atoms with van der Waals surface area (Å²) in [4.78, 5) is 1.05. The topological polar surface area (TPSA) is 49.4 Å². The minimum absolute atomic E-state index is 0.169. The Labute approximate surface area is 106 Å². The van der Waals surface area contributed by atoms with Gasteiger partial charge in [-0.1, -0.05) is 0 Å². The minimum Gasteiger partial charge on any atom is -0.315 e. The number of rotatable bonds is 2. The van der Waals surface area contributed by atoms with Gasteiger partial charge in [0.05, 0.1) is 0 Å². The molecule has 2 saturated heterocycles. The van der Waals surface area contributed by atoms with Crippen molar-refractivity contribution in [2.24, 2.45) is 5.92 Å². The molecule has 2 atom stereocenters. The fraction of sp³-hybridized carbons (Fsp3) is 0.636. The van der Waals surface area contributed by atoms with Crippen LogP contribution in [0.2, 0.25) is 0 Å². The molecular formula is C11H16N2O2S2. The number of hydrogen-bond acceptors (Lipinski definition) is 4. The summed E-state index contributed by atoms with van der Waals surface area (Å²) < 4.78 is 27.2. The molecule has 0 unspecified atom stereocenters. The van der Waals surface area contributed by atoms with Gasteiger partial charge in [-0.3, -0.25) is 0 Å². The van der Waals surface area contributed by atoms with Crippen molar-refractivity contribution in [2.75, 3.05) is 19.6 Å². The highest BCUT2D eigenvalue weighted by Gasteiger charge is 2.44. The highest BCUT2D eigenvalue weighted by Crippen LogP contribution is 2.34. The summed E-state index contributed by atoms with van der Waals surface area (Å²) in [7, 11) is -3.26. The quantitative estimate of drug-likeness (QED) is 0.875. The number of hydrogen-bond donors (Lipinski definition) is 1. The molecule has 6 heteroatoms. The Morgan fingerprint density at radius 1 is 1.41 bits per heavy atom. The van der Waals surface area contributed by atoms with E-state index in [2.05, 4.69) is 5.32 Å². The number of sulfonamides is 1. The average molecular weight is 272 g/mol. The molecule has 4 nitrogen and oxygen atoms in total. The van der Waals surface area contributed by atoms with Gasteiger partial charge in [0.1, 0.15) is 4.21 Å². The Morgan fingerprint density at radius 3 is 2.94 bits per heavy atom. The molecule has 2 aliphatic rings. The maximum Gasteiger partial charge on any atom is 0.252 e. The molecule has 0 spiro atoms. The van der Waals surface area contributed by atoms with Crippen LogP contribution in [0, 0.1) is 12.8 Å². The van der Waals surface area contributed by atoms with E-state index in [0.717, 1.165) is 24.4 Å². The first-order valence-corrected chi connectivity index (χ1v) is 8.14. The number of fused-ring (bicyclic) bond motifs is 1. The third-order valence-corrected chi connectivity index (χ3v) is 7.07. The molecule has 2 fully saturated rings. The van der Waals surface area contributed by atoms with Crippen LogP contribution >= 0.6 is 11.3 Å². The predicted molar refractivity (Wildman–Crippen MR) is 67.7 cm³/mol. The Morgan fingerprint density at radius 2 is 2.24 bits per heavy atom. The third-order valence-electron chi connectivity index (χ3n) is 3.67. The van der Waals surface area contributed by atoms with E-state index in [0.29, 0.717) is 16.7 Å². The molecule has 1 aromatic rings. The van der Waals surface area contributed by atoms with Crippen LogP contribution < -0.4 is 5.32 Å². The molecule has 3 rings (SSSR count). The maximum absolute atomic E-state index is 12.5. The molecule has 0 aromatic carbocycles. The summed E-state index contributed by atoms with van der Waals surface area (Å²) in [6.45, 7) is 4.37. The van der Waals surface area contributed by atoms with Gasteiger partial charge in [0.15, 0.2) is 0 Å². The molecule has 1 aromatic heterocycles. The van der Waals surface area contributed by atoms with Crippen LogP contribution in [0.5, 0.6) is 0 Å². The van der Waals surface area contributed by atoms with Crippen molar-refractivity contribution in [2.45, 2.75) is 23.6 Å². The smallest absolute Gasteiger partial charge is 0.252 e. The van der Waals surface area contributed by atoms with Crippen molar-refractivity contribution in [3.8, 4) is 0 Å². The minimum atomic E-state index is -3.26. The molecular weight excluding hydrogens is 256 g/mol. The molecule has 0 saturated carbocycles. The summed E-state index contributed by atoms with van der Waals surface area (Å²) in [5, 5.41) is 3.28. The summed E-state index contributed by atoms with van der Waals surface area (Å²) >= 11 is 1.37. The van der Waals surface area contributed by atoms with E-state index >= 15 is 0 Å². The van der Waals surface area contributed by atoms with Crippen molar-refractivity contribution in [3.05, 3.63) is 17.0 Å². The Bertz CT molecular complexity index is 523. The standard InChI is InChI=1S/C11H16N2O2S2/c1-8-2-3-11(16-8)17(14,15)13-5-4-9-6-12-7-10(9)13/h2-3,9-10,12H,4-7H2,1H3/t9-,10+/m0/s1. The summed E-state index contributed by atoms with van der Waals surface area (Å²) in [6.07, 6.45) is 0.987. The van der Waals surface area contributed by atoms with E-state index in [-0.39, 0.29) is 6.04 Å². The van der Waals surface area contributed by atoms with Crippen molar-refractivity contribution in [1.82, 2.24) is 9.62 Å². The molecule has 0 bridgehead atoms. The van der Waals surface area contributed by atoms with Crippen LogP contribution in [-0.4, -0.2) is 38.4 Å². The molecule has 3 heterocycles. The van der Waals surface area contributed by atoms with Gasteiger partial charge in [-0.25, -0.2) is 8.42 Å². The van der Waals surface area contributed by atoms with Gasteiger partial charge in [0, 0.05) is 24.0 Å². The van der Waals surface area contributed by atoms with Crippen LogP contribution in [0.15, 0.2) is 16.3 Å². The van der Waals surface area contributed by atoms with Crippen molar-refractivity contribution in [1.29, 1.82) is 0 Å². The van der Waals surface area contributed by atoms with Gasteiger partial charge >= 0.3 is 0 Å². The van der Waals surface area contributed by atoms with E-state index in [4.69, 9.17) is 0 Å². The van der Waals surface area contributed by atoms with E-state index in [1.165, 1.54) is 11.3 Å². The zero-order valence-electron chi connectivity index (χ0n) is 9.72. The van der Waals surface area contributed by atoms with Crippen molar-refractivity contribution < 1.29 is 8.42 Å². The van der Waals surface area contributed by atoms with Crippen LogP contribution in [-0.2, 0) is 10.0 Å². The lowest BCUT2D eigenvalue weighted by atomic mass is 10.1. The maximum atomic E-state index is 12.5. The fourth-order valence-corrected chi connectivity index (χ4v) is 5.89. The molecule has 2 aliphatic heterocycles. The van der Waals surface area contributed by atoms with Crippen LogP contribution in [0.4, 0.5) is 0 Å². The summed E-state index contributed by atoms with van der Waals surface area (Å²) in [5.41, 5.74) is 0. The van der Waals surface area contributed by atoms with Gasteiger partial charge in [-0.05, 0) is 37.9 Å². The zero-order chi connectivity index (χ0) is 12.0. The number of aryl methyl sites for hydroxylation is 1. The number of nitrogens with zero attached hydrogens (tertiary/aromatic N) is 1. The normalized spacial score (nSPS) is 29.7. The SMILES string of the molecule is Cc1ccc(S(=O)(=O)N2CC[C@H]3CNC[C@H]32)s1. The van der Waals surface area contributed by atoms with E-state index in [9.17, 15) is 8.42 Å². The molecule has 0 radical (unpaired) electrons. The second-order valence-electron chi connectivity index (χ2n) is 4.76. The number of thiophene rings is 1. The van der Waals surface area contributed by atoms with E-state index in [1.54, 1.807) is 10.4 Å². The molecule has 17 heavy (non-hydrogen) atoms. The first-order valence-electron chi connectivity index (χ1n) is 5.88. The van der Waals surface area contributed by atoms with Crippen molar-refractivity contribution >= 4 is 21.4 Å². The number of nitrogens with one attached hydrogen (secondary N) is 1. The average Bonchev–Trinajstić information content (AvgIpc) is 2.89. The monoisotopic (exact) mass is 272 g/mol. The van der Waals surface area contributed by atoms with Crippen LogP contribution in [0.3, 0.4) is 0 Å². The van der Waals surface area contributed by atoms with E-state index in [1.807, 2.05) is 13.0 Å². The third kappa shape index (κ3) is 1.83. The first-order chi connectivity index (χ1) is 8.09. The summed E-state index contributed by atoms with van der Waals surface area (Å²) in [5.74, 6) is 0.505. The van der Waals surface area contributed by atoms with Gasteiger partial charge < -0.3 is 5.32 Å². The summed E-state index contributed by atoms with van der Waals surface area (Å²) in [6, 6.07) is 3.77. The second-order valence-corrected chi connectivity index (χ2v) is 8.16. The molecule has 1 N–H and O–H groups in total. The van der Waals surface area contributed by atoms with E-state index < -0.39 is 10.0 Å². The highest BCUT2D eigenvalue weighted by atomic mass is 32.2. The predicted octanol–water partition coefficient (Wildman–Crippen LogP) is 1.04. The molecule has 0 aliphatic carbocycles. The lowest BCUT2D eigenvalue weighted by Gasteiger charge is -2.21. The second kappa shape index (κ2) is 4.05. The van der Waals surface area contributed by atoms with Crippen molar-refractivity contribution in [3.63, 3.8) is 0 Å². The van der Waals surface area contributed by atoms with Crippen LogP contribution in [0.25, 0.3) is 0 Å². The lowest BCUT2D eigenvalue weighted by molar-refractivity contribution is 0.384. The fourth-order valence-electron chi connectivity index (χ4n) is 2.77. The first kappa shape index (κ1) is 11.6. The van der Waals surface area contributed by atoms with Gasteiger partial charge in [0.2, 0.25) is 0 Å². The molecule has 94 valence electrons. The van der Waals surface area contributed by atoms with Gasteiger partial charge in [-0.15, -0.1) is 11.3 Å². The Kier molecular flexibility index (Phi) is 2.77. The lowest BCUT2D eigenvalue weighted by Crippen LogP contribution is -2.38. The zero-order valence-corrected chi connectivity index (χ0v) is 11.4. The Balaban J connectivity index is 1.93. The molecule has 0 amide bonds.